The number of hydrogen-bond acceptors (Lipinski definition) is 1. The summed E-state index contributed by atoms with van der Waals surface area (Å²) in [7, 11) is 0. The number of rotatable bonds is 10. The Bertz CT molecular complexity index is 345. The average Bonchev–Trinajstić information content (AvgIpc) is 2.41. The van der Waals surface area contributed by atoms with E-state index in [4.69, 9.17) is 11.6 Å². The predicted octanol–water partition coefficient (Wildman–Crippen LogP) is 5.32. The third kappa shape index (κ3) is 7.91. The van der Waals surface area contributed by atoms with E-state index in [2.05, 4.69) is 38.2 Å². The molecular weight excluding hydrogens is 266 g/mol. The first kappa shape index (κ1) is 17.5. The van der Waals surface area contributed by atoms with Crippen LogP contribution in [0.3, 0.4) is 0 Å². The molecule has 0 aliphatic rings. The lowest BCUT2D eigenvalue weighted by Crippen LogP contribution is -2.27. The maximum atomic E-state index is 5.96. The smallest absolute Gasteiger partial charge is 0.0406 e. The molecule has 0 saturated carbocycles. The molecule has 0 fully saturated rings. The minimum atomic E-state index is 0.724. The fourth-order valence-electron chi connectivity index (χ4n) is 2.49. The highest BCUT2D eigenvalue weighted by Crippen LogP contribution is 2.17. The van der Waals surface area contributed by atoms with Crippen LogP contribution in [-0.4, -0.2) is 13.1 Å². The quantitative estimate of drug-likeness (QED) is 0.576. The molecule has 1 nitrogen and oxygen atoms in total. The largest absolute Gasteiger partial charge is 0.316 e. The summed E-state index contributed by atoms with van der Waals surface area (Å²) in [4.78, 5) is 0. The van der Waals surface area contributed by atoms with Gasteiger partial charge in [-0.25, -0.2) is 0 Å². The zero-order chi connectivity index (χ0) is 14.8. The highest BCUT2D eigenvalue weighted by Gasteiger charge is 2.10. The van der Waals surface area contributed by atoms with E-state index in [0.29, 0.717) is 0 Å². The molecular formula is C18H30ClN. The summed E-state index contributed by atoms with van der Waals surface area (Å²) in [5.74, 6) is 1.46. The summed E-state index contributed by atoms with van der Waals surface area (Å²) >= 11 is 5.96. The van der Waals surface area contributed by atoms with Crippen molar-refractivity contribution in [3.8, 4) is 0 Å². The molecule has 1 rings (SSSR count). The van der Waals surface area contributed by atoms with Gasteiger partial charge in [0.1, 0.15) is 0 Å². The molecule has 0 aliphatic heterocycles. The van der Waals surface area contributed by atoms with Gasteiger partial charge in [0, 0.05) is 5.02 Å². The highest BCUT2D eigenvalue weighted by atomic mass is 35.5. The van der Waals surface area contributed by atoms with E-state index in [0.717, 1.165) is 36.4 Å². The number of nitrogens with one attached hydrogen (secondary N) is 1. The molecule has 1 atom stereocenters. The molecule has 0 heterocycles. The molecule has 0 aromatic heterocycles. The Balaban J connectivity index is 2.45. The summed E-state index contributed by atoms with van der Waals surface area (Å²) in [6.45, 7) is 9.04. The van der Waals surface area contributed by atoms with Crippen LogP contribution in [0.1, 0.15) is 52.0 Å². The Labute approximate surface area is 130 Å². The van der Waals surface area contributed by atoms with E-state index in [9.17, 15) is 0 Å². The molecule has 20 heavy (non-hydrogen) atoms. The van der Waals surface area contributed by atoms with Gasteiger partial charge in [-0.3, -0.25) is 0 Å². The summed E-state index contributed by atoms with van der Waals surface area (Å²) < 4.78 is 0. The van der Waals surface area contributed by atoms with E-state index in [-0.39, 0.29) is 0 Å². The molecule has 1 aromatic carbocycles. The van der Waals surface area contributed by atoms with Gasteiger partial charge in [0.2, 0.25) is 0 Å². The van der Waals surface area contributed by atoms with Crippen LogP contribution >= 0.6 is 11.6 Å². The second-order valence-electron chi connectivity index (χ2n) is 6.24. The minimum absolute atomic E-state index is 0.724. The first-order valence-electron chi connectivity index (χ1n) is 8.07. The summed E-state index contributed by atoms with van der Waals surface area (Å²) in [6.07, 6.45) is 6.47. The summed E-state index contributed by atoms with van der Waals surface area (Å²) in [5, 5.41) is 4.45. The van der Waals surface area contributed by atoms with Crippen LogP contribution in [0.15, 0.2) is 24.3 Å². The lowest BCUT2D eigenvalue weighted by atomic mass is 9.93. The fourth-order valence-corrected chi connectivity index (χ4v) is 2.62. The van der Waals surface area contributed by atoms with Crippen molar-refractivity contribution in [1.29, 1.82) is 0 Å². The molecule has 1 aromatic rings. The first-order valence-corrected chi connectivity index (χ1v) is 8.44. The van der Waals surface area contributed by atoms with Crippen molar-refractivity contribution in [2.45, 2.75) is 52.9 Å². The number of hydrogen-bond donors (Lipinski definition) is 1. The molecule has 0 radical (unpaired) electrons. The van der Waals surface area contributed by atoms with Gasteiger partial charge in [0.15, 0.2) is 0 Å². The Morgan fingerprint density at radius 3 is 2.35 bits per heavy atom. The third-order valence-electron chi connectivity index (χ3n) is 3.64. The van der Waals surface area contributed by atoms with Gasteiger partial charge < -0.3 is 5.32 Å². The third-order valence-corrected chi connectivity index (χ3v) is 3.89. The van der Waals surface area contributed by atoms with Crippen LogP contribution in [0.25, 0.3) is 0 Å². The molecule has 0 aliphatic carbocycles. The van der Waals surface area contributed by atoms with Crippen LogP contribution in [0, 0.1) is 11.8 Å². The van der Waals surface area contributed by atoms with Gasteiger partial charge in [-0.1, -0.05) is 63.8 Å². The van der Waals surface area contributed by atoms with E-state index < -0.39 is 0 Å². The SMILES string of the molecule is CCCCCC(CNCC(C)C)Cc1ccc(Cl)cc1. The Hall–Kier alpha value is -0.530. The van der Waals surface area contributed by atoms with Crippen molar-refractivity contribution in [3.63, 3.8) is 0 Å². The second kappa shape index (κ2) is 10.2. The van der Waals surface area contributed by atoms with Crippen molar-refractivity contribution in [3.05, 3.63) is 34.9 Å². The molecule has 1 N–H and O–H groups in total. The summed E-state index contributed by atoms with van der Waals surface area (Å²) in [6, 6.07) is 8.33. The van der Waals surface area contributed by atoms with Gasteiger partial charge in [-0.05, 0) is 55.5 Å². The Morgan fingerprint density at radius 1 is 1.05 bits per heavy atom. The second-order valence-corrected chi connectivity index (χ2v) is 6.68. The van der Waals surface area contributed by atoms with Crippen LogP contribution in [0.4, 0.5) is 0 Å². The van der Waals surface area contributed by atoms with Crippen molar-refractivity contribution < 1.29 is 0 Å². The minimum Gasteiger partial charge on any atom is -0.316 e. The van der Waals surface area contributed by atoms with E-state index >= 15 is 0 Å². The predicted molar refractivity (Wildman–Crippen MR) is 90.5 cm³/mol. The van der Waals surface area contributed by atoms with Gasteiger partial charge >= 0.3 is 0 Å². The zero-order valence-electron chi connectivity index (χ0n) is 13.3. The monoisotopic (exact) mass is 295 g/mol. The van der Waals surface area contributed by atoms with Crippen LogP contribution in [0.2, 0.25) is 5.02 Å². The topological polar surface area (TPSA) is 12.0 Å². The van der Waals surface area contributed by atoms with Gasteiger partial charge in [-0.15, -0.1) is 0 Å². The maximum absolute atomic E-state index is 5.96. The summed E-state index contributed by atoms with van der Waals surface area (Å²) in [5.41, 5.74) is 1.40. The van der Waals surface area contributed by atoms with E-state index in [1.54, 1.807) is 0 Å². The highest BCUT2D eigenvalue weighted by molar-refractivity contribution is 6.30. The number of unbranched alkanes of at least 4 members (excludes halogenated alkanes) is 2. The molecule has 0 amide bonds. The number of halogens is 1. The normalized spacial score (nSPS) is 12.8. The van der Waals surface area contributed by atoms with Crippen molar-refractivity contribution in [1.82, 2.24) is 5.32 Å². The zero-order valence-corrected chi connectivity index (χ0v) is 14.0. The first-order chi connectivity index (χ1) is 9.61. The standard InChI is InChI=1S/C18H30ClN/c1-4-5-6-7-17(14-20-13-15(2)3)12-16-8-10-18(19)11-9-16/h8-11,15,17,20H,4-7,12-14H2,1-3H3. The van der Waals surface area contributed by atoms with Crippen molar-refractivity contribution in [2.75, 3.05) is 13.1 Å². The van der Waals surface area contributed by atoms with Gasteiger partial charge in [0.05, 0.1) is 0 Å². The van der Waals surface area contributed by atoms with E-state index in [1.165, 1.54) is 31.2 Å². The molecule has 0 spiro atoms. The Morgan fingerprint density at radius 2 is 1.75 bits per heavy atom. The lowest BCUT2D eigenvalue weighted by Gasteiger charge is -2.19. The molecule has 0 bridgehead atoms. The van der Waals surface area contributed by atoms with Gasteiger partial charge in [0.25, 0.3) is 0 Å². The Kier molecular flexibility index (Phi) is 8.97. The molecule has 0 saturated heterocycles. The lowest BCUT2D eigenvalue weighted by molar-refractivity contribution is 0.409. The van der Waals surface area contributed by atoms with Crippen LogP contribution in [-0.2, 0) is 6.42 Å². The fraction of sp³-hybridized carbons (Fsp3) is 0.667. The van der Waals surface area contributed by atoms with Crippen molar-refractivity contribution in [2.24, 2.45) is 11.8 Å². The molecule has 114 valence electrons. The molecule has 1 unspecified atom stereocenters. The molecule has 2 heteroatoms. The van der Waals surface area contributed by atoms with E-state index in [1.807, 2.05) is 12.1 Å². The van der Waals surface area contributed by atoms with Crippen LogP contribution in [0.5, 0.6) is 0 Å². The number of benzene rings is 1. The van der Waals surface area contributed by atoms with Gasteiger partial charge in [-0.2, -0.15) is 0 Å². The average molecular weight is 296 g/mol. The van der Waals surface area contributed by atoms with Crippen molar-refractivity contribution >= 4 is 11.6 Å². The van der Waals surface area contributed by atoms with Crippen LogP contribution < -0.4 is 5.32 Å². The maximum Gasteiger partial charge on any atom is 0.0406 e.